The SMILES string of the molecule is Cc1ccccc1P(=Nc1ccccc1)(c1ccccc1)c1ccccc1. The van der Waals surface area contributed by atoms with Crippen LogP contribution < -0.4 is 15.9 Å². The molecule has 4 aromatic carbocycles. The Morgan fingerprint density at radius 3 is 1.48 bits per heavy atom. The first-order valence-corrected chi connectivity index (χ1v) is 10.9. The van der Waals surface area contributed by atoms with Crippen molar-refractivity contribution in [2.24, 2.45) is 4.74 Å². The van der Waals surface area contributed by atoms with E-state index < -0.39 is 7.05 Å². The quantitative estimate of drug-likeness (QED) is 0.404. The highest BCUT2D eigenvalue weighted by Gasteiger charge is 2.28. The molecule has 0 saturated heterocycles. The molecule has 0 fully saturated rings. The van der Waals surface area contributed by atoms with Gasteiger partial charge in [0.05, 0.1) is 12.7 Å². The highest BCUT2D eigenvalue weighted by molar-refractivity contribution is 7.87. The van der Waals surface area contributed by atoms with Crippen molar-refractivity contribution < 1.29 is 0 Å². The molecule has 2 heteroatoms. The van der Waals surface area contributed by atoms with Gasteiger partial charge in [0.15, 0.2) is 0 Å². The summed E-state index contributed by atoms with van der Waals surface area (Å²) in [6.45, 7) is 2.19. The lowest BCUT2D eigenvalue weighted by Crippen LogP contribution is -2.26. The van der Waals surface area contributed by atoms with Crippen LogP contribution in [0, 0.1) is 6.92 Å². The Kier molecular flexibility index (Phi) is 5.05. The molecule has 132 valence electrons. The second-order valence-electron chi connectivity index (χ2n) is 6.53. The van der Waals surface area contributed by atoms with Crippen LogP contribution in [0.1, 0.15) is 5.56 Å². The van der Waals surface area contributed by atoms with Crippen LogP contribution in [0.3, 0.4) is 0 Å². The monoisotopic (exact) mass is 367 g/mol. The average Bonchev–Trinajstić information content (AvgIpc) is 2.75. The molecule has 0 aliphatic rings. The minimum absolute atomic E-state index is 1.02. The van der Waals surface area contributed by atoms with Crippen LogP contribution in [0.2, 0.25) is 0 Å². The molecule has 0 spiro atoms. The summed E-state index contributed by atoms with van der Waals surface area (Å²) < 4.78 is 5.47. The van der Waals surface area contributed by atoms with Crippen LogP contribution in [-0.4, -0.2) is 0 Å². The van der Waals surface area contributed by atoms with Crippen molar-refractivity contribution in [2.75, 3.05) is 0 Å². The van der Waals surface area contributed by atoms with Crippen molar-refractivity contribution in [2.45, 2.75) is 6.92 Å². The summed E-state index contributed by atoms with van der Waals surface area (Å²) in [5.74, 6) is 0. The van der Waals surface area contributed by atoms with Crippen molar-refractivity contribution in [3.63, 3.8) is 0 Å². The van der Waals surface area contributed by atoms with Gasteiger partial charge >= 0.3 is 0 Å². The lowest BCUT2D eigenvalue weighted by atomic mass is 10.2. The number of aryl methyl sites for hydroxylation is 1. The van der Waals surface area contributed by atoms with E-state index in [9.17, 15) is 0 Å². The molecule has 0 heterocycles. The maximum absolute atomic E-state index is 5.47. The summed E-state index contributed by atoms with van der Waals surface area (Å²) in [5, 5.41) is 3.86. The topological polar surface area (TPSA) is 12.4 Å². The highest BCUT2D eigenvalue weighted by Crippen LogP contribution is 2.49. The van der Waals surface area contributed by atoms with Crippen molar-refractivity contribution in [1.29, 1.82) is 0 Å². The number of benzene rings is 4. The lowest BCUT2D eigenvalue weighted by molar-refractivity contribution is 1.50. The third-order valence-electron chi connectivity index (χ3n) is 4.75. The number of rotatable bonds is 4. The molecular weight excluding hydrogens is 345 g/mol. The fraction of sp³-hybridized carbons (Fsp3) is 0.0400. The molecular formula is C25H22NP. The zero-order chi connectivity index (χ0) is 18.5. The molecule has 0 N–H and O–H groups in total. The van der Waals surface area contributed by atoms with Gasteiger partial charge < -0.3 is 0 Å². The molecule has 0 radical (unpaired) electrons. The zero-order valence-electron chi connectivity index (χ0n) is 15.4. The molecule has 0 unspecified atom stereocenters. The van der Waals surface area contributed by atoms with Gasteiger partial charge in [-0.3, -0.25) is 4.74 Å². The van der Waals surface area contributed by atoms with Crippen LogP contribution in [-0.2, 0) is 0 Å². The summed E-state index contributed by atoms with van der Waals surface area (Å²) in [4.78, 5) is 0. The first-order chi connectivity index (χ1) is 13.3. The van der Waals surface area contributed by atoms with Crippen LogP contribution >= 0.6 is 7.05 Å². The van der Waals surface area contributed by atoms with Crippen LogP contribution in [0.25, 0.3) is 0 Å². The van der Waals surface area contributed by atoms with Gasteiger partial charge in [0.1, 0.15) is 0 Å². The molecule has 0 amide bonds. The smallest absolute Gasteiger partial charge is 0.0625 e. The summed E-state index contributed by atoms with van der Waals surface area (Å²) in [7, 11) is -2.19. The molecule has 0 aromatic heterocycles. The lowest BCUT2D eigenvalue weighted by Gasteiger charge is -2.28. The van der Waals surface area contributed by atoms with E-state index in [1.807, 2.05) is 6.07 Å². The van der Waals surface area contributed by atoms with Crippen molar-refractivity contribution in [3.8, 4) is 0 Å². The Labute approximate surface area is 161 Å². The molecule has 4 rings (SSSR count). The summed E-state index contributed by atoms with van der Waals surface area (Å²) in [6.07, 6.45) is 0. The fourth-order valence-corrected chi connectivity index (χ4v) is 7.25. The van der Waals surface area contributed by atoms with Crippen LogP contribution in [0.15, 0.2) is 120 Å². The number of nitrogens with zero attached hydrogens (tertiary/aromatic N) is 1. The number of hydrogen-bond donors (Lipinski definition) is 0. The standard InChI is InChI=1S/C25H22NP/c1-21-13-11-12-20-25(21)27(23-16-7-3-8-17-23,24-18-9-4-10-19-24)26-22-14-5-2-6-15-22/h2-20H,1H3. The van der Waals surface area contributed by atoms with Gasteiger partial charge in [0, 0.05) is 15.9 Å². The Hall–Kier alpha value is -2.89. The minimum Gasteiger partial charge on any atom is -0.254 e. The van der Waals surface area contributed by atoms with E-state index in [0.29, 0.717) is 0 Å². The Balaban J connectivity index is 2.17. The second-order valence-corrected chi connectivity index (χ2v) is 9.51. The third kappa shape index (κ3) is 3.39. The van der Waals surface area contributed by atoms with Crippen molar-refractivity contribution >= 4 is 28.7 Å². The maximum atomic E-state index is 5.47. The van der Waals surface area contributed by atoms with E-state index in [0.717, 1.165) is 5.69 Å². The number of hydrogen-bond acceptors (Lipinski definition) is 1. The first kappa shape index (κ1) is 17.5. The molecule has 0 saturated carbocycles. The third-order valence-corrected chi connectivity index (χ3v) is 8.57. The maximum Gasteiger partial charge on any atom is 0.0625 e. The van der Waals surface area contributed by atoms with Gasteiger partial charge in [-0.2, -0.15) is 0 Å². The summed E-state index contributed by atoms with van der Waals surface area (Å²) >= 11 is 0. The normalized spacial score (nSPS) is 11.1. The Morgan fingerprint density at radius 2 is 0.963 bits per heavy atom. The summed E-state index contributed by atoms with van der Waals surface area (Å²) in [6, 6.07) is 40.5. The summed E-state index contributed by atoms with van der Waals surface area (Å²) in [5.41, 5.74) is 2.29. The molecule has 0 bridgehead atoms. The van der Waals surface area contributed by atoms with E-state index in [-0.39, 0.29) is 0 Å². The van der Waals surface area contributed by atoms with Gasteiger partial charge in [-0.25, -0.2) is 0 Å². The Bertz CT molecular complexity index is 1030. The van der Waals surface area contributed by atoms with Gasteiger partial charge in [-0.15, -0.1) is 0 Å². The first-order valence-electron chi connectivity index (χ1n) is 9.15. The van der Waals surface area contributed by atoms with Gasteiger partial charge in [0.25, 0.3) is 0 Å². The zero-order valence-corrected chi connectivity index (χ0v) is 16.3. The molecule has 0 atom stereocenters. The van der Waals surface area contributed by atoms with Crippen LogP contribution in [0.4, 0.5) is 5.69 Å². The van der Waals surface area contributed by atoms with E-state index in [2.05, 4.69) is 116 Å². The highest BCUT2D eigenvalue weighted by atomic mass is 31.2. The largest absolute Gasteiger partial charge is 0.254 e. The minimum atomic E-state index is -2.19. The average molecular weight is 367 g/mol. The van der Waals surface area contributed by atoms with Gasteiger partial charge in [-0.1, -0.05) is 103 Å². The second kappa shape index (κ2) is 7.78. The van der Waals surface area contributed by atoms with E-state index in [4.69, 9.17) is 4.74 Å². The molecule has 0 aliphatic carbocycles. The molecule has 4 aromatic rings. The predicted octanol–water partition coefficient (Wildman–Crippen LogP) is 5.80. The van der Waals surface area contributed by atoms with Gasteiger partial charge in [0.2, 0.25) is 0 Å². The van der Waals surface area contributed by atoms with Crippen molar-refractivity contribution in [1.82, 2.24) is 0 Å². The van der Waals surface area contributed by atoms with E-state index in [1.165, 1.54) is 21.5 Å². The van der Waals surface area contributed by atoms with Crippen LogP contribution in [0.5, 0.6) is 0 Å². The Morgan fingerprint density at radius 1 is 0.519 bits per heavy atom. The van der Waals surface area contributed by atoms with Crippen molar-refractivity contribution in [3.05, 3.63) is 121 Å². The predicted molar refractivity (Wildman–Crippen MR) is 118 cm³/mol. The molecule has 1 nitrogen and oxygen atoms in total. The van der Waals surface area contributed by atoms with E-state index >= 15 is 0 Å². The van der Waals surface area contributed by atoms with E-state index in [1.54, 1.807) is 0 Å². The molecule has 0 aliphatic heterocycles. The van der Waals surface area contributed by atoms with Gasteiger partial charge in [-0.05, 0) is 24.6 Å². The molecule has 27 heavy (non-hydrogen) atoms. The fourth-order valence-electron chi connectivity index (χ4n) is 3.48.